The normalized spacial score (nSPS) is 12.5. The molecule has 0 aliphatic rings. The summed E-state index contributed by atoms with van der Waals surface area (Å²) in [4.78, 5) is 25.5. The molecule has 1 atom stereocenters. The van der Waals surface area contributed by atoms with Gasteiger partial charge in [0, 0.05) is 19.2 Å². The first-order valence-electron chi connectivity index (χ1n) is 10.4. The minimum absolute atomic E-state index is 0.0237. The minimum atomic E-state index is -0.609. The van der Waals surface area contributed by atoms with Gasteiger partial charge in [-0.15, -0.1) is 0 Å². The first kappa shape index (κ1) is 23.6. The van der Waals surface area contributed by atoms with Gasteiger partial charge < -0.3 is 15.4 Å². The lowest BCUT2D eigenvalue weighted by atomic mass is 9.86. The van der Waals surface area contributed by atoms with E-state index < -0.39 is 6.04 Å². The van der Waals surface area contributed by atoms with Gasteiger partial charge in [-0.2, -0.15) is 0 Å². The van der Waals surface area contributed by atoms with Gasteiger partial charge in [-0.05, 0) is 40.2 Å². The lowest BCUT2D eigenvalue weighted by Crippen LogP contribution is -2.49. The molecular weight excluding hydrogens is 376 g/mol. The lowest BCUT2D eigenvalue weighted by Gasteiger charge is -2.22. The van der Waals surface area contributed by atoms with Crippen LogP contribution in [-0.4, -0.2) is 25.0 Å². The third kappa shape index (κ3) is 6.70. The summed E-state index contributed by atoms with van der Waals surface area (Å²) in [5.41, 5.74) is 3.78. The molecular formula is C25H34N2O3. The Labute approximate surface area is 180 Å². The summed E-state index contributed by atoms with van der Waals surface area (Å²) >= 11 is 0. The number of rotatable bonds is 8. The molecule has 0 aliphatic carbocycles. The van der Waals surface area contributed by atoms with Gasteiger partial charge in [-0.3, -0.25) is 9.59 Å². The molecule has 0 saturated heterocycles. The highest BCUT2D eigenvalue weighted by Crippen LogP contribution is 2.22. The van der Waals surface area contributed by atoms with E-state index in [2.05, 4.69) is 31.4 Å². The monoisotopic (exact) mass is 410 g/mol. The summed E-state index contributed by atoms with van der Waals surface area (Å²) in [5.74, 6) is -0.476. The second-order valence-electron chi connectivity index (χ2n) is 8.99. The van der Waals surface area contributed by atoms with Crippen molar-refractivity contribution in [3.8, 4) is 0 Å². The predicted molar refractivity (Wildman–Crippen MR) is 120 cm³/mol. The smallest absolute Gasteiger partial charge is 0.251 e. The average molecular weight is 411 g/mol. The van der Waals surface area contributed by atoms with Gasteiger partial charge in [0.25, 0.3) is 5.91 Å². The number of hydrogen-bond donors (Lipinski definition) is 2. The fraction of sp³-hybridized carbons (Fsp3) is 0.440. The summed E-state index contributed by atoms with van der Waals surface area (Å²) in [6, 6.07) is 14.8. The van der Waals surface area contributed by atoms with Gasteiger partial charge in [0.1, 0.15) is 6.04 Å². The molecule has 2 N–H and O–H groups in total. The van der Waals surface area contributed by atoms with Crippen LogP contribution in [0.15, 0.2) is 48.5 Å². The van der Waals surface area contributed by atoms with Gasteiger partial charge >= 0.3 is 0 Å². The maximum atomic E-state index is 12.8. The number of amides is 2. The summed E-state index contributed by atoms with van der Waals surface area (Å²) in [6.45, 7) is 11.2. The summed E-state index contributed by atoms with van der Waals surface area (Å²) in [7, 11) is 1.65. The molecule has 2 rings (SSSR count). The van der Waals surface area contributed by atoms with Crippen LogP contribution in [0.4, 0.5) is 0 Å². The number of carbonyl (C=O) groups excluding carboxylic acids is 2. The van der Waals surface area contributed by atoms with Crippen molar-refractivity contribution in [1.29, 1.82) is 0 Å². The number of hydrogen-bond acceptors (Lipinski definition) is 3. The van der Waals surface area contributed by atoms with Gasteiger partial charge in [-0.1, -0.05) is 71.0 Å². The number of benzene rings is 2. The van der Waals surface area contributed by atoms with E-state index in [1.807, 2.05) is 62.4 Å². The van der Waals surface area contributed by atoms with E-state index in [1.54, 1.807) is 7.11 Å². The van der Waals surface area contributed by atoms with E-state index in [1.165, 1.54) is 0 Å². The molecule has 5 nitrogen and oxygen atoms in total. The zero-order chi connectivity index (χ0) is 22.3. The lowest BCUT2D eigenvalue weighted by molar-refractivity contribution is -0.124. The molecule has 2 aromatic rings. The van der Waals surface area contributed by atoms with Crippen LogP contribution in [0.1, 0.15) is 61.7 Å². The van der Waals surface area contributed by atoms with E-state index in [-0.39, 0.29) is 23.1 Å². The molecule has 0 fully saturated rings. The van der Waals surface area contributed by atoms with Crippen molar-refractivity contribution in [2.24, 2.45) is 5.92 Å². The molecule has 30 heavy (non-hydrogen) atoms. The predicted octanol–water partition coefficient (Wildman–Crippen LogP) is 4.20. The Morgan fingerprint density at radius 3 is 2.20 bits per heavy atom. The minimum Gasteiger partial charge on any atom is -0.380 e. The van der Waals surface area contributed by atoms with E-state index in [0.29, 0.717) is 18.7 Å². The van der Waals surface area contributed by atoms with E-state index >= 15 is 0 Å². The summed E-state index contributed by atoms with van der Waals surface area (Å²) < 4.78 is 5.15. The highest BCUT2D eigenvalue weighted by Gasteiger charge is 2.24. The van der Waals surface area contributed by atoms with Crippen molar-refractivity contribution in [3.05, 3.63) is 70.8 Å². The molecule has 0 bridgehead atoms. The number of carbonyl (C=O) groups is 2. The van der Waals surface area contributed by atoms with Crippen LogP contribution in [-0.2, 0) is 28.1 Å². The van der Waals surface area contributed by atoms with Crippen LogP contribution >= 0.6 is 0 Å². The first-order valence-corrected chi connectivity index (χ1v) is 10.4. The van der Waals surface area contributed by atoms with Gasteiger partial charge in [0.05, 0.1) is 6.61 Å². The molecule has 0 spiro atoms. The number of nitrogens with one attached hydrogen (secondary N) is 2. The molecule has 1 unspecified atom stereocenters. The van der Waals surface area contributed by atoms with Crippen LogP contribution in [0.3, 0.4) is 0 Å². The molecule has 2 aromatic carbocycles. The molecule has 0 aromatic heterocycles. The maximum absolute atomic E-state index is 12.8. The second kappa shape index (κ2) is 10.4. The topological polar surface area (TPSA) is 67.4 Å². The van der Waals surface area contributed by atoms with Gasteiger partial charge in [0.15, 0.2) is 0 Å². The number of ether oxygens (including phenoxy) is 1. The fourth-order valence-electron chi connectivity index (χ4n) is 3.18. The Bertz CT molecular complexity index is 851. The van der Waals surface area contributed by atoms with Crippen molar-refractivity contribution in [2.45, 2.75) is 59.2 Å². The summed E-state index contributed by atoms with van der Waals surface area (Å²) in [6.07, 6.45) is 0. The Hall–Kier alpha value is -2.66. The second-order valence-corrected chi connectivity index (χ2v) is 8.99. The zero-order valence-corrected chi connectivity index (χ0v) is 18.9. The van der Waals surface area contributed by atoms with Crippen LogP contribution in [0, 0.1) is 5.92 Å². The summed E-state index contributed by atoms with van der Waals surface area (Å²) in [5, 5.41) is 5.83. The Balaban J connectivity index is 2.01. The molecule has 0 saturated carbocycles. The van der Waals surface area contributed by atoms with Crippen LogP contribution in [0.2, 0.25) is 0 Å². The van der Waals surface area contributed by atoms with Crippen molar-refractivity contribution in [1.82, 2.24) is 10.6 Å². The maximum Gasteiger partial charge on any atom is 0.251 e. The van der Waals surface area contributed by atoms with Crippen molar-refractivity contribution in [3.63, 3.8) is 0 Å². The first-order chi connectivity index (χ1) is 14.1. The Morgan fingerprint density at radius 2 is 1.63 bits per heavy atom. The molecule has 2 amide bonds. The molecule has 162 valence electrons. The largest absolute Gasteiger partial charge is 0.380 e. The van der Waals surface area contributed by atoms with E-state index in [4.69, 9.17) is 4.74 Å². The SMILES string of the molecule is COCc1cccc(CNC(=O)C(NC(=O)c2ccc(C(C)(C)C)cc2)C(C)C)c1. The van der Waals surface area contributed by atoms with Crippen LogP contribution in [0.5, 0.6) is 0 Å². The quantitative estimate of drug-likeness (QED) is 0.685. The average Bonchev–Trinajstić information content (AvgIpc) is 2.70. The standard InChI is InChI=1S/C25H34N2O3/c1-17(2)22(24(29)26-15-18-8-7-9-19(14-18)16-30-6)27-23(28)20-10-12-21(13-11-20)25(3,4)5/h7-14,17,22H,15-16H2,1-6H3,(H,26,29)(H,27,28). The van der Waals surface area contributed by atoms with Gasteiger partial charge in [-0.25, -0.2) is 0 Å². The van der Waals surface area contributed by atoms with Crippen molar-refractivity contribution < 1.29 is 14.3 Å². The molecule has 0 radical (unpaired) electrons. The highest BCUT2D eigenvalue weighted by atomic mass is 16.5. The van der Waals surface area contributed by atoms with Crippen LogP contribution < -0.4 is 10.6 Å². The highest BCUT2D eigenvalue weighted by molar-refractivity contribution is 5.97. The van der Waals surface area contributed by atoms with Crippen molar-refractivity contribution in [2.75, 3.05) is 7.11 Å². The Morgan fingerprint density at radius 1 is 1.00 bits per heavy atom. The zero-order valence-electron chi connectivity index (χ0n) is 18.9. The fourth-order valence-corrected chi connectivity index (χ4v) is 3.18. The third-order valence-electron chi connectivity index (χ3n) is 5.02. The number of methoxy groups -OCH3 is 1. The van der Waals surface area contributed by atoms with E-state index in [0.717, 1.165) is 16.7 Å². The molecule has 0 heterocycles. The molecule has 0 aliphatic heterocycles. The van der Waals surface area contributed by atoms with E-state index in [9.17, 15) is 9.59 Å². The van der Waals surface area contributed by atoms with Crippen molar-refractivity contribution >= 4 is 11.8 Å². The molecule has 5 heteroatoms. The third-order valence-corrected chi connectivity index (χ3v) is 5.02. The Kier molecular flexibility index (Phi) is 8.18. The van der Waals surface area contributed by atoms with Crippen LogP contribution in [0.25, 0.3) is 0 Å². The van der Waals surface area contributed by atoms with Gasteiger partial charge in [0.2, 0.25) is 5.91 Å².